The molecular weight excluding hydrogens is 176 g/mol. The van der Waals surface area contributed by atoms with E-state index < -0.39 is 10.2 Å². The molecule has 1 aromatic rings. The molecule has 0 saturated carbocycles. The topological polar surface area (TPSA) is 61.2 Å². The Kier molecular flexibility index (Phi) is 2.35. The second kappa shape index (κ2) is 3.12. The SMILES string of the molecule is CN(c1ccccc1)S([NH])(=O)=O. The quantitative estimate of drug-likeness (QED) is 0.679. The molecule has 0 amide bonds. The van der Waals surface area contributed by atoms with Gasteiger partial charge in [0.05, 0.1) is 5.69 Å². The fourth-order valence-electron chi connectivity index (χ4n) is 0.777. The monoisotopic (exact) mass is 185 g/mol. The summed E-state index contributed by atoms with van der Waals surface area (Å²) in [6.45, 7) is 0. The highest BCUT2D eigenvalue weighted by Crippen LogP contribution is 2.12. The van der Waals surface area contributed by atoms with Crippen molar-refractivity contribution in [2.45, 2.75) is 0 Å². The van der Waals surface area contributed by atoms with E-state index in [9.17, 15) is 8.42 Å². The van der Waals surface area contributed by atoms with Gasteiger partial charge in [-0.1, -0.05) is 18.2 Å². The minimum atomic E-state index is -3.87. The van der Waals surface area contributed by atoms with Crippen molar-refractivity contribution in [3.63, 3.8) is 0 Å². The van der Waals surface area contributed by atoms with E-state index in [0.29, 0.717) is 5.69 Å². The Balaban J connectivity index is 3.02. The van der Waals surface area contributed by atoms with Crippen LogP contribution in [0.5, 0.6) is 0 Å². The lowest BCUT2D eigenvalue weighted by atomic mass is 10.3. The van der Waals surface area contributed by atoms with Crippen LogP contribution < -0.4 is 9.44 Å². The maximum absolute atomic E-state index is 10.7. The first-order chi connectivity index (χ1) is 5.52. The van der Waals surface area contributed by atoms with Crippen LogP contribution in [-0.2, 0) is 10.2 Å². The number of para-hydroxylation sites is 1. The Labute approximate surface area is 71.8 Å². The summed E-state index contributed by atoms with van der Waals surface area (Å²) >= 11 is 0. The summed E-state index contributed by atoms with van der Waals surface area (Å²) in [6, 6.07) is 8.49. The Morgan fingerprint density at radius 1 is 1.25 bits per heavy atom. The maximum Gasteiger partial charge on any atom is 0.315 e. The highest BCUT2D eigenvalue weighted by atomic mass is 32.2. The van der Waals surface area contributed by atoms with Gasteiger partial charge in [-0.25, -0.2) is 0 Å². The molecule has 0 aliphatic heterocycles. The van der Waals surface area contributed by atoms with Gasteiger partial charge >= 0.3 is 10.2 Å². The highest BCUT2D eigenvalue weighted by molar-refractivity contribution is 7.90. The Morgan fingerprint density at radius 3 is 2.17 bits per heavy atom. The molecule has 1 radical (unpaired) electrons. The van der Waals surface area contributed by atoms with Crippen LogP contribution >= 0.6 is 0 Å². The molecule has 1 N–H and O–H groups in total. The van der Waals surface area contributed by atoms with E-state index in [-0.39, 0.29) is 0 Å². The lowest BCUT2D eigenvalue weighted by molar-refractivity contribution is 0.594. The number of anilines is 1. The molecule has 0 aliphatic carbocycles. The molecule has 1 aromatic carbocycles. The third-order valence-corrected chi connectivity index (χ3v) is 2.41. The Bertz CT molecular complexity index is 347. The van der Waals surface area contributed by atoms with Crippen molar-refractivity contribution in [1.29, 1.82) is 0 Å². The van der Waals surface area contributed by atoms with E-state index in [1.807, 2.05) is 0 Å². The molecule has 65 valence electrons. The van der Waals surface area contributed by atoms with Crippen LogP contribution in [0.2, 0.25) is 0 Å². The van der Waals surface area contributed by atoms with Crippen molar-refractivity contribution in [1.82, 2.24) is 5.14 Å². The van der Waals surface area contributed by atoms with E-state index >= 15 is 0 Å². The molecule has 0 atom stereocenters. The Morgan fingerprint density at radius 2 is 1.75 bits per heavy atom. The fourth-order valence-corrected chi connectivity index (χ4v) is 1.18. The van der Waals surface area contributed by atoms with Crippen molar-refractivity contribution in [2.24, 2.45) is 0 Å². The number of hydrogen-bond donors (Lipinski definition) is 0. The van der Waals surface area contributed by atoms with Gasteiger partial charge in [0.25, 0.3) is 0 Å². The average molecular weight is 185 g/mol. The van der Waals surface area contributed by atoms with Gasteiger partial charge in [0.2, 0.25) is 0 Å². The average Bonchev–Trinajstić information content (AvgIpc) is 2.03. The first kappa shape index (κ1) is 9.02. The standard InChI is InChI=1S/C7H9N2O2S/c1-9(12(8,10)11)7-5-3-2-4-6-7/h2-6,8H,1H3. The summed E-state index contributed by atoms with van der Waals surface area (Å²) < 4.78 is 22.4. The van der Waals surface area contributed by atoms with Gasteiger partial charge in [0.15, 0.2) is 0 Å². The van der Waals surface area contributed by atoms with Crippen molar-refractivity contribution >= 4 is 15.9 Å². The minimum Gasteiger partial charge on any atom is -0.260 e. The zero-order valence-corrected chi connectivity index (χ0v) is 7.38. The van der Waals surface area contributed by atoms with Crippen molar-refractivity contribution in [2.75, 3.05) is 11.4 Å². The van der Waals surface area contributed by atoms with Crippen LogP contribution in [0.3, 0.4) is 0 Å². The van der Waals surface area contributed by atoms with Crippen LogP contribution in [0.4, 0.5) is 5.69 Å². The van der Waals surface area contributed by atoms with Gasteiger partial charge in [0.1, 0.15) is 0 Å². The second-order valence-corrected chi connectivity index (χ2v) is 3.81. The zero-order chi connectivity index (χ0) is 9.19. The summed E-state index contributed by atoms with van der Waals surface area (Å²) in [5.74, 6) is 0. The maximum atomic E-state index is 10.7. The van der Waals surface area contributed by atoms with Gasteiger partial charge in [-0.15, -0.1) is 5.14 Å². The predicted octanol–water partition coefficient (Wildman–Crippen LogP) is 0.651. The minimum absolute atomic E-state index is 0.493. The van der Waals surface area contributed by atoms with Crippen LogP contribution in [0.15, 0.2) is 30.3 Å². The summed E-state index contributed by atoms with van der Waals surface area (Å²) in [7, 11) is -2.53. The van der Waals surface area contributed by atoms with Gasteiger partial charge in [0, 0.05) is 7.05 Å². The van der Waals surface area contributed by atoms with E-state index in [1.54, 1.807) is 30.3 Å². The van der Waals surface area contributed by atoms with E-state index in [0.717, 1.165) is 4.31 Å². The van der Waals surface area contributed by atoms with Gasteiger partial charge < -0.3 is 0 Å². The highest BCUT2D eigenvalue weighted by Gasteiger charge is 2.11. The van der Waals surface area contributed by atoms with E-state index in [4.69, 9.17) is 5.14 Å². The largest absolute Gasteiger partial charge is 0.315 e. The molecule has 1 rings (SSSR count). The van der Waals surface area contributed by atoms with Crippen LogP contribution in [-0.4, -0.2) is 15.5 Å². The van der Waals surface area contributed by atoms with Crippen molar-refractivity contribution in [3.8, 4) is 0 Å². The first-order valence-electron chi connectivity index (χ1n) is 3.30. The normalized spacial score (nSPS) is 11.2. The lowest BCUT2D eigenvalue weighted by Gasteiger charge is -2.14. The molecule has 0 fully saturated rings. The summed E-state index contributed by atoms with van der Waals surface area (Å²) in [4.78, 5) is 0. The molecule has 0 aliphatic rings. The number of nitrogens with one attached hydrogen (secondary N) is 1. The molecule has 0 spiro atoms. The predicted molar refractivity (Wildman–Crippen MR) is 46.9 cm³/mol. The lowest BCUT2D eigenvalue weighted by Crippen LogP contribution is -2.26. The molecule has 12 heavy (non-hydrogen) atoms. The molecule has 0 heterocycles. The first-order valence-corrected chi connectivity index (χ1v) is 4.74. The molecule has 0 bridgehead atoms. The second-order valence-electron chi connectivity index (χ2n) is 2.31. The van der Waals surface area contributed by atoms with Crippen LogP contribution in [0.1, 0.15) is 0 Å². The van der Waals surface area contributed by atoms with E-state index in [1.165, 1.54) is 7.05 Å². The van der Waals surface area contributed by atoms with Crippen molar-refractivity contribution < 1.29 is 8.42 Å². The Hall–Kier alpha value is -1.07. The zero-order valence-electron chi connectivity index (χ0n) is 6.56. The molecule has 0 saturated heterocycles. The number of hydrogen-bond acceptors (Lipinski definition) is 2. The summed E-state index contributed by atoms with van der Waals surface area (Å²) in [5, 5.41) is 6.77. The van der Waals surface area contributed by atoms with Gasteiger partial charge in [-0.05, 0) is 12.1 Å². The van der Waals surface area contributed by atoms with Crippen LogP contribution in [0.25, 0.3) is 0 Å². The van der Waals surface area contributed by atoms with Gasteiger partial charge in [-0.3, -0.25) is 4.31 Å². The van der Waals surface area contributed by atoms with Crippen molar-refractivity contribution in [3.05, 3.63) is 30.3 Å². The third-order valence-electron chi connectivity index (χ3n) is 1.48. The summed E-state index contributed by atoms with van der Waals surface area (Å²) in [6.07, 6.45) is 0. The van der Waals surface area contributed by atoms with Crippen LogP contribution in [0, 0.1) is 0 Å². The number of benzene rings is 1. The van der Waals surface area contributed by atoms with Gasteiger partial charge in [-0.2, -0.15) is 8.42 Å². The molecule has 0 aromatic heterocycles. The fraction of sp³-hybridized carbons (Fsp3) is 0.143. The molecule has 4 nitrogen and oxygen atoms in total. The molecule has 5 heteroatoms. The smallest absolute Gasteiger partial charge is 0.260 e. The third kappa shape index (κ3) is 1.96. The molecule has 0 unspecified atom stereocenters. The van der Waals surface area contributed by atoms with E-state index in [2.05, 4.69) is 0 Å². The number of nitrogens with zero attached hydrogens (tertiary/aromatic N) is 1. The number of rotatable bonds is 2. The summed E-state index contributed by atoms with van der Waals surface area (Å²) in [5.41, 5.74) is 0.493. The molecular formula is C7H9N2O2S.